The minimum absolute atomic E-state index is 0.0800. The number of methoxy groups -OCH3 is 2. The molecule has 0 radical (unpaired) electrons. The molecule has 0 fully saturated rings. The van der Waals surface area contributed by atoms with E-state index in [0.29, 0.717) is 29.0 Å². The average Bonchev–Trinajstić information content (AvgIpc) is 2.78. The quantitative estimate of drug-likeness (QED) is 0.743. The Morgan fingerprint density at radius 1 is 1.03 bits per heavy atom. The van der Waals surface area contributed by atoms with E-state index in [0.717, 1.165) is 11.3 Å². The zero-order chi connectivity index (χ0) is 22.1. The van der Waals surface area contributed by atoms with Crippen LogP contribution in [0.1, 0.15) is 42.7 Å². The minimum Gasteiger partial charge on any atom is -0.496 e. The predicted molar refractivity (Wildman–Crippen MR) is 114 cm³/mol. The van der Waals surface area contributed by atoms with Gasteiger partial charge in [-0.2, -0.15) is 0 Å². The summed E-state index contributed by atoms with van der Waals surface area (Å²) in [6.45, 7) is 1.75. The first-order chi connectivity index (χ1) is 15.0. The Hall–Kier alpha value is -3.41. The Balaban J connectivity index is 1.84. The van der Waals surface area contributed by atoms with Crippen LogP contribution in [0.2, 0.25) is 0 Å². The van der Waals surface area contributed by atoms with Gasteiger partial charge in [0, 0.05) is 34.9 Å². The Kier molecular flexibility index (Phi) is 5.63. The highest BCUT2D eigenvalue weighted by Crippen LogP contribution is 2.47. The number of halogens is 1. The number of esters is 1. The lowest BCUT2D eigenvalue weighted by Gasteiger charge is -2.36. The van der Waals surface area contributed by atoms with Crippen molar-refractivity contribution >= 4 is 11.8 Å². The molecule has 0 amide bonds. The van der Waals surface area contributed by atoms with E-state index in [1.807, 2.05) is 24.3 Å². The number of rotatable bonds is 4. The van der Waals surface area contributed by atoms with Gasteiger partial charge in [0.2, 0.25) is 0 Å². The second-order valence-electron chi connectivity index (χ2n) is 7.77. The zero-order valence-corrected chi connectivity index (χ0v) is 17.7. The number of allylic oxidation sites excluding steroid dienone is 3. The molecule has 1 N–H and O–H groups in total. The van der Waals surface area contributed by atoms with Crippen molar-refractivity contribution in [1.29, 1.82) is 0 Å². The summed E-state index contributed by atoms with van der Waals surface area (Å²) in [5.74, 6) is -1.32. The van der Waals surface area contributed by atoms with Crippen LogP contribution < -0.4 is 10.1 Å². The number of dihydropyridines is 1. The fourth-order valence-corrected chi connectivity index (χ4v) is 4.66. The highest BCUT2D eigenvalue weighted by Gasteiger charge is 2.42. The summed E-state index contributed by atoms with van der Waals surface area (Å²) in [6.07, 6.45) is 0.803. The van der Waals surface area contributed by atoms with Crippen molar-refractivity contribution in [3.63, 3.8) is 0 Å². The summed E-state index contributed by atoms with van der Waals surface area (Å²) < 4.78 is 25.3. The molecule has 2 atom stereocenters. The lowest BCUT2D eigenvalue weighted by Crippen LogP contribution is -2.36. The number of para-hydroxylation sites is 1. The Morgan fingerprint density at radius 2 is 1.71 bits per heavy atom. The third kappa shape index (κ3) is 3.63. The molecule has 0 bridgehead atoms. The van der Waals surface area contributed by atoms with Gasteiger partial charge in [-0.25, -0.2) is 9.18 Å². The van der Waals surface area contributed by atoms with Gasteiger partial charge in [0.15, 0.2) is 5.78 Å². The summed E-state index contributed by atoms with van der Waals surface area (Å²) in [6, 6.07) is 13.9. The number of ether oxygens (including phenoxy) is 2. The van der Waals surface area contributed by atoms with Gasteiger partial charge in [-0.3, -0.25) is 4.79 Å². The van der Waals surface area contributed by atoms with Gasteiger partial charge < -0.3 is 14.8 Å². The molecule has 1 aliphatic heterocycles. The van der Waals surface area contributed by atoms with E-state index < -0.39 is 17.7 Å². The first kappa shape index (κ1) is 20.8. The number of hydrogen-bond donors (Lipinski definition) is 1. The van der Waals surface area contributed by atoms with Crippen molar-refractivity contribution in [2.24, 2.45) is 0 Å². The van der Waals surface area contributed by atoms with Crippen LogP contribution in [-0.2, 0) is 14.3 Å². The van der Waals surface area contributed by atoms with E-state index in [1.54, 1.807) is 32.2 Å². The molecule has 2 aliphatic rings. The second-order valence-corrected chi connectivity index (χ2v) is 7.77. The molecule has 1 aliphatic carbocycles. The van der Waals surface area contributed by atoms with Crippen molar-refractivity contribution in [3.05, 3.63) is 88.0 Å². The van der Waals surface area contributed by atoms with E-state index in [9.17, 15) is 14.0 Å². The van der Waals surface area contributed by atoms with E-state index in [1.165, 1.54) is 13.2 Å². The molecule has 2 aromatic rings. The second kappa shape index (κ2) is 8.38. The van der Waals surface area contributed by atoms with Crippen LogP contribution in [-0.4, -0.2) is 26.0 Å². The first-order valence-corrected chi connectivity index (χ1v) is 10.2. The standard InChI is InChI=1S/C25H24FNO4/c1-14-22(25(29)31-3)23(17-9-4-6-10-18(17)26)24-19(27-14)12-15(13-20(24)28)16-8-5-7-11-21(16)30-2/h4-11,15,23,27H,12-13H2,1-3H3/t15-,23-/m0/s1. The molecule has 160 valence electrons. The molecule has 6 heteroatoms. The van der Waals surface area contributed by atoms with Crippen LogP contribution in [0.25, 0.3) is 0 Å². The molecule has 31 heavy (non-hydrogen) atoms. The first-order valence-electron chi connectivity index (χ1n) is 10.2. The van der Waals surface area contributed by atoms with Crippen LogP contribution in [0.5, 0.6) is 5.75 Å². The lowest BCUT2D eigenvalue weighted by atomic mass is 9.71. The van der Waals surface area contributed by atoms with Crippen molar-refractivity contribution in [1.82, 2.24) is 5.32 Å². The van der Waals surface area contributed by atoms with Crippen LogP contribution in [0, 0.1) is 5.82 Å². The molecule has 5 nitrogen and oxygen atoms in total. The number of carbonyl (C=O) groups excluding carboxylic acids is 2. The van der Waals surface area contributed by atoms with E-state index in [4.69, 9.17) is 9.47 Å². The normalized spacial score (nSPS) is 20.8. The topological polar surface area (TPSA) is 64.6 Å². The molecule has 2 aromatic carbocycles. The predicted octanol–water partition coefficient (Wildman–Crippen LogP) is 4.37. The van der Waals surface area contributed by atoms with Crippen molar-refractivity contribution in [2.45, 2.75) is 31.6 Å². The van der Waals surface area contributed by atoms with Gasteiger partial charge in [-0.1, -0.05) is 36.4 Å². The van der Waals surface area contributed by atoms with E-state index in [-0.39, 0.29) is 23.7 Å². The Labute approximate surface area is 180 Å². The third-order valence-corrected chi connectivity index (χ3v) is 6.03. The molecule has 1 heterocycles. The fourth-order valence-electron chi connectivity index (χ4n) is 4.66. The van der Waals surface area contributed by atoms with Crippen molar-refractivity contribution in [3.8, 4) is 5.75 Å². The van der Waals surface area contributed by atoms with Gasteiger partial charge in [0.1, 0.15) is 11.6 Å². The third-order valence-electron chi connectivity index (χ3n) is 6.03. The number of benzene rings is 2. The lowest BCUT2D eigenvalue weighted by molar-refractivity contribution is -0.136. The summed E-state index contributed by atoms with van der Waals surface area (Å²) in [5, 5.41) is 3.24. The van der Waals surface area contributed by atoms with Gasteiger partial charge in [0.25, 0.3) is 0 Å². The highest BCUT2D eigenvalue weighted by atomic mass is 19.1. The molecular formula is C25H24FNO4. The van der Waals surface area contributed by atoms with Crippen LogP contribution in [0.4, 0.5) is 4.39 Å². The molecule has 0 aromatic heterocycles. The number of ketones is 1. The molecule has 0 saturated heterocycles. The van der Waals surface area contributed by atoms with Gasteiger partial charge in [0.05, 0.1) is 25.7 Å². The average molecular weight is 421 g/mol. The number of Topliss-reactive ketones (excluding diaryl/α,β-unsaturated/α-hetero) is 1. The van der Waals surface area contributed by atoms with Gasteiger partial charge in [-0.15, -0.1) is 0 Å². The van der Waals surface area contributed by atoms with Crippen LogP contribution >= 0.6 is 0 Å². The maximum Gasteiger partial charge on any atom is 0.336 e. The summed E-state index contributed by atoms with van der Waals surface area (Å²) in [5.41, 5.74) is 3.21. The summed E-state index contributed by atoms with van der Waals surface area (Å²) in [4.78, 5) is 26.1. The van der Waals surface area contributed by atoms with E-state index >= 15 is 0 Å². The number of nitrogens with one attached hydrogen (secondary N) is 1. The molecule has 0 unspecified atom stereocenters. The molecule has 0 spiro atoms. The van der Waals surface area contributed by atoms with E-state index in [2.05, 4.69) is 5.32 Å². The molecular weight excluding hydrogens is 397 g/mol. The zero-order valence-electron chi connectivity index (χ0n) is 17.7. The Morgan fingerprint density at radius 3 is 2.39 bits per heavy atom. The summed E-state index contributed by atoms with van der Waals surface area (Å²) >= 11 is 0. The monoisotopic (exact) mass is 421 g/mol. The SMILES string of the molecule is COC(=O)C1=C(C)NC2=C(C(=O)C[C@@H](c3ccccc3OC)C2)[C@H]1c1ccccc1F. The highest BCUT2D eigenvalue weighted by molar-refractivity contribution is 6.04. The fraction of sp³-hybridized carbons (Fsp3) is 0.280. The van der Waals surface area contributed by atoms with Crippen molar-refractivity contribution < 1.29 is 23.5 Å². The molecule has 0 saturated carbocycles. The Bertz CT molecular complexity index is 1120. The maximum atomic E-state index is 14.8. The number of carbonyl (C=O) groups is 2. The largest absolute Gasteiger partial charge is 0.496 e. The maximum absolute atomic E-state index is 14.8. The summed E-state index contributed by atoms with van der Waals surface area (Å²) in [7, 11) is 2.89. The van der Waals surface area contributed by atoms with Crippen LogP contribution in [0.3, 0.4) is 0 Å². The smallest absolute Gasteiger partial charge is 0.336 e. The van der Waals surface area contributed by atoms with Gasteiger partial charge in [-0.05, 0) is 31.0 Å². The van der Waals surface area contributed by atoms with Crippen LogP contribution in [0.15, 0.2) is 71.1 Å². The minimum atomic E-state index is -0.809. The van der Waals surface area contributed by atoms with Crippen molar-refractivity contribution in [2.75, 3.05) is 14.2 Å². The van der Waals surface area contributed by atoms with Gasteiger partial charge >= 0.3 is 5.97 Å². The number of hydrogen-bond acceptors (Lipinski definition) is 5. The molecule has 4 rings (SSSR count).